The summed E-state index contributed by atoms with van der Waals surface area (Å²) in [7, 11) is 0. The molecule has 0 aliphatic carbocycles. The Morgan fingerprint density at radius 2 is 2.22 bits per heavy atom. The van der Waals surface area contributed by atoms with Crippen LogP contribution in [0.1, 0.15) is 30.5 Å². The van der Waals surface area contributed by atoms with Crippen molar-refractivity contribution in [3.63, 3.8) is 0 Å². The Balaban J connectivity index is 1.77. The molecule has 2 rings (SSSR count). The van der Waals surface area contributed by atoms with Gasteiger partial charge >= 0.3 is 6.03 Å². The van der Waals surface area contributed by atoms with Gasteiger partial charge in [-0.25, -0.2) is 9.78 Å². The van der Waals surface area contributed by atoms with Gasteiger partial charge in [-0.05, 0) is 13.3 Å². The van der Waals surface area contributed by atoms with Gasteiger partial charge in [0.2, 0.25) is 5.91 Å². The maximum Gasteiger partial charge on any atom is 0.324 e. The van der Waals surface area contributed by atoms with E-state index in [1.165, 1.54) is 11.3 Å². The van der Waals surface area contributed by atoms with Crippen LogP contribution in [0.3, 0.4) is 0 Å². The third kappa shape index (κ3) is 4.42. The molecule has 2 N–H and O–H groups in total. The third-order valence-electron chi connectivity index (χ3n) is 3.39. The van der Waals surface area contributed by atoms with E-state index in [1.807, 2.05) is 13.8 Å². The maximum absolute atomic E-state index is 12.0. The molecule has 1 atom stereocenters. The first-order chi connectivity index (χ1) is 10.9. The van der Waals surface area contributed by atoms with Crippen LogP contribution in [-0.2, 0) is 16.0 Å². The summed E-state index contributed by atoms with van der Waals surface area (Å²) < 4.78 is 0.654. The Morgan fingerprint density at radius 3 is 2.83 bits per heavy atom. The van der Waals surface area contributed by atoms with E-state index in [9.17, 15) is 14.4 Å². The fourth-order valence-electron chi connectivity index (χ4n) is 2.26. The van der Waals surface area contributed by atoms with Gasteiger partial charge in [0.15, 0.2) is 0 Å². The number of carbonyl (C=O) groups excluding carboxylic acids is 3. The second-order valence-corrected chi connectivity index (χ2v) is 6.95. The first kappa shape index (κ1) is 17.7. The van der Waals surface area contributed by atoms with E-state index >= 15 is 0 Å². The van der Waals surface area contributed by atoms with Gasteiger partial charge in [-0.2, -0.15) is 0 Å². The highest BCUT2D eigenvalue weighted by molar-refractivity contribution is 7.16. The Labute approximate surface area is 143 Å². The highest BCUT2D eigenvalue weighted by atomic mass is 35.5. The number of rotatable bonds is 7. The Bertz CT molecular complexity index is 600. The number of amides is 4. The number of urea groups is 1. The second-order valence-electron chi connectivity index (χ2n) is 5.26. The largest absolute Gasteiger partial charge is 0.356 e. The lowest BCUT2D eigenvalue weighted by Gasteiger charge is -2.11. The van der Waals surface area contributed by atoms with Gasteiger partial charge in [0.25, 0.3) is 5.91 Å². The molecule has 1 aromatic rings. The molecular weight excluding hydrogens is 340 g/mol. The molecule has 1 fully saturated rings. The number of thiazole rings is 1. The van der Waals surface area contributed by atoms with Gasteiger partial charge < -0.3 is 10.6 Å². The Morgan fingerprint density at radius 1 is 1.48 bits per heavy atom. The van der Waals surface area contributed by atoms with E-state index < -0.39 is 12.1 Å². The fourth-order valence-corrected chi connectivity index (χ4v) is 3.35. The zero-order valence-electron chi connectivity index (χ0n) is 13.0. The third-order valence-corrected chi connectivity index (χ3v) is 4.90. The van der Waals surface area contributed by atoms with Crippen molar-refractivity contribution in [1.29, 1.82) is 0 Å². The normalized spacial score (nSPS) is 17.5. The smallest absolute Gasteiger partial charge is 0.324 e. The molecule has 0 bridgehead atoms. The highest BCUT2D eigenvalue weighted by Gasteiger charge is 2.38. The van der Waals surface area contributed by atoms with Crippen LogP contribution in [0, 0.1) is 6.92 Å². The van der Waals surface area contributed by atoms with Gasteiger partial charge in [-0.15, -0.1) is 11.3 Å². The SMILES string of the molecule is CCCN1C(=O)N[C@@H](CC(=O)NCCc2nc(C)c(Cl)s2)C1=O. The number of carbonyl (C=O) groups is 3. The number of aryl methyl sites for hydroxylation is 1. The number of imide groups is 1. The molecule has 0 spiro atoms. The summed E-state index contributed by atoms with van der Waals surface area (Å²) in [6.45, 7) is 4.49. The fraction of sp³-hybridized carbons (Fsp3) is 0.571. The van der Waals surface area contributed by atoms with E-state index in [0.717, 1.165) is 15.6 Å². The first-order valence-corrected chi connectivity index (χ1v) is 8.62. The van der Waals surface area contributed by atoms with Crippen LogP contribution in [0.25, 0.3) is 0 Å². The molecule has 0 saturated carbocycles. The van der Waals surface area contributed by atoms with Gasteiger partial charge in [0.1, 0.15) is 10.4 Å². The van der Waals surface area contributed by atoms with Crippen LogP contribution in [-0.4, -0.2) is 46.9 Å². The quantitative estimate of drug-likeness (QED) is 0.722. The molecule has 0 radical (unpaired) electrons. The van der Waals surface area contributed by atoms with Crippen molar-refractivity contribution in [3.8, 4) is 0 Å². The molecule has 1 aliphatic rings. The van der Waals surface area contributed by atoms with E-state index in [0.29, 0.717) is 30.3 Å². The van der Waals surface area contributed by atoms with Crippen LogP contribution in [0.2, 0.25) is 4.34 Å². The molecule has 1 aliphatic heterocycles. The zero-order chi connectivity index (χ0) is 17.0. The molecular formula is C14H19ClN4O3S. The van der Waals surface area contributed by atoms with E-state index in [2.05, 4.69) is 15.6 Å². The number of halogens is 1. The van der Waals surface area contributed by atoms with Crippen LogP contribution < -0.4 is 10.6 Å². The predicted octanol–water partition coefficient (Wildman–Crippen LogP) is 1.48. The molecule has 0 unspecified atom stereocenters. The van der Waals surface area contributed by atoms with E-state index in [-0.39, 0.29) is 18.2 Å². The molecule has 1 aromatic heterocycles. The van der Waals surface area contributed by atoms with Gasteiger partial charge in [0.05, 0.1) is 17.1 Å². The van der Waals surface area contributed by atoms with Crippen LogP contribution in [0.4, 0.5) is 4.79 Å². The molecule has 1 saturated heterocycles. The summed E-state index contributed by atoms with van der Waals surface area (Å²) in [6.07, 6.45) is 1.22. The van der Waals surface area contributed by atoms with Crippen LogP contribution in [0.15, 0.2) is 0 Å². The summed E-state index contributed by atoms with van der Waals surface area (Å²) >= 11 is 7.33. The second kappa shape index (κ2) is 7.74. The number of hydrogen-bond acceptors (Lipinski definition) is 5. The lowest BCUT2D eigenvalue weighted by Crippen LogP contribution is -2.37. The topological polar surface area (TPSA) is 91.4 Å². The molecule has 23 heavy (non-hydrogen) atoms. The summed E-state index contributed by atoms with van der Waals surface area (Å²) in [5, 5.41) is 6.12. The minimum Gasteiger partial charge on any atom is -0.356 e. The monoisotopic (exact) mass is 358 g/mol. The average Bonchev–Trinajstić information content (AvgIpc) is 2.93. The highest BCUT2D eigenvalue weighted by Crippen LogP contribution is 2.23. The summed E-state index contributed by atoms with van der Waals surface area (Å²) in [6, 6.07) is -1.20. The maximum atomic E-state index is 12.0. The van der Waals surface area contributed by atoms with Crippen molar-refractivity contribution in [2.75, 3.05) is 13.1 Å². The van der Waals surface area contributed by atoms with Crippen LogP contribution in [0.5, 0.6) is 0 Å². The summed E-state index contributed by atoms with van der Waals surface area (Å²) in [4.78, 5) is 41.0. The predicted molar refractivity (Wildman–Crippen MR) is 87.5 cm³/mol. The van der Waals surface area contributed by atoms with Crippen molar-refractivity contribution in [2.45, 2.75) is 39.2 Å². The number of nitrogens with one attached hydrogen (secondary N) is 2. The summed E-state index contributed by atoms with van der Waals surface area (Å²) in [5.74, 6) is -0.615. The first-order valence-electron chi connectivity index (χ1n) is 7.42. The minimum absolute atomic E-state index is 0.0531. The lowest BCUT2D eigenvalue weighted by molar-refractivity contribution is -0.130. The van der Waals surface area contributed by atoms with Crippen molar-refractivity contribution in [1.82, 2.24) is 20.5 Å². The molecule has 126 valence electrons. The minimum atomic E-state index is -0.773. The average molecular weight is 359 g/mol. The molecule has 2 heterocycles. The molecule has 0 aromatic carbocycles. The zero-order valence-corrected chi connectivity index (χ0v) is 14.6. The standard InChI is InChI=1S/C14H19ClN4O3S/c1-3-6-19-13(21)9(18-14(19)22)7-10(20)16-5-4-11-17-8(2)12(15)23-11/h9H,3-7H2,1-2H3,(H,16,20)(H,18,22)/t9-/m0/s1. The Kier molecular flexibility index (Phi) is 5.95. The molecule has 7 nitrogen and oxygen atoms in total. The number of aromatic nitrogens is 1. The van der Waals surface area contributed by atoms with Gasteiger partial charge in [-0.3, -0.25) is 14.5 Å². The van der Waals surface area contributed by atoms with Crippen molar-refractivity contribution >= 4 is 40.8 Å². The summed E-state index contributed by atoms with van der Waals surface area (Å²) in [5.41, 5.74) is 0.785. The van der Waals surface area contributed by atoms with Crippen molar-refractivity contribution in [3.05, 3.63) is 15.0 Å². The molecule has 9 heteroatoms. The number of hydrogen-bond donors (Lipinski definition) is 2. The lowest BCUT2D eigenvalue weighted by atomic mass is 10.2. The van der Waals surface area contributed by atoms with Gasteiger partial charge in [0, 0.05) is 19.5 Å². The van der Waals surface area contributed by atoms with E-state index in [4.69, 9.17) is 11.6 Å². The molecule has 4 amide bonds. The van der Waals surface area contributed by atoms with E-state index in [1.54, 1.807) is 0 Å². The van der Waals surface area contributed by atoms with Crippen molar-refractivity contribution in [2.24, 2.45) is 0 Å². The number of nitrogens with zero attached hydrogens (tertiary/aromatic N) is 2. The van der Waals surface area contributed by atoms with Gasteiger partial charge in [-0.1, -0.05) is 18.5 Å². The van der Waals surface area contributed by atoms with Crippen LogP contribution >= 0.6 is 22.9 Å². The van der Waals surface area contributed by atoms with Crippen molar-refractivity contribution < 1.29 is 14.4 Å². The Hall–Kier alpha value is -1.67.